The van der Waals surface area contributed by atoms with Crippen molar-refractivity contribution in [2.45, 2.75) is 19.3 Å². The number of aromatic nitrogens is 2. The number of halogens is 2. The van der Waals surface area contributed by atoms with Gasteiger partial charge in [-0.15, -0.1) is 0 Å². The van der Waals surface area contributed by atoms with Crippen LogP contribution in [0, 0.1) is 11.7 Å². The Morgan fingerprint density at radius 1 is 1.30 bits per heavy atom. The highest BCUT2D eigenvalue weighted by atomic mass is 79.9. The van der Waals surface area contributed by atoms with Crippen LogP contribution in [0.3, 0.4) is 0 Å². The Labute approximate surface area is 126 Å². The van der Waals surface area contributed by atoms with Crippen LogP contribution in [0.15, 0.2) is 28.9 Å². The summed E-state index contributed by atoms with van der Waals surface area (Å²) in [6, 6.07) is 5.08. The van der Waals surface area contributed by atoms with Crippen molar-refractivity contribution in [2.75, 3.05) is 13.1 Å². The second-order valence-corrected chi connectivity index (χ2v) is 6.18. The molecule has 2 N–H and O–H groups in total. The van der Waals surface area contributed by atoms with Crippen LogP contribution in [-0.4, -0.2) is 23.1 Å². The second-order valence-electron chi connectivity index (χ2n) is 5.27. The van der Waals surface area contributed by atoms with Gasteiger partial charge in [0.05, 0.1) is 11.9 Å². The van der Waals surface area contributed by atoms with E-state index in [4.69, 9.17) is 0 Å². The smallest absolute Gasteiger partial charge is 0.133 e. The number of rotatable bonds is 3. The Hall–Kier alpha value is -1.20. The van der Waals surface area contributed by atoms with E-state index in [0.29, 0.717) is 11.5 Å². The summed E-state index contributed by atoms with van der Waals surface area (Å²) in [5.74, 6) is 1.38. The topological polar surface area (TPSA) is 40.7 Å². The first-order chi connectivity index (χ1) is 9.72. The monoisotopic (exact) mass is 337 g/mol. The third kappa shape index (κ3) is 3.10. The van der Waals surface area contributed by atoms with E-state index in [-0.39, 0.29) is 5.82 Å². The van der Waals surface area contributed by atoms with Gasteiger partial charge in [-0.25, -0.2) is 9.37 Å². The lowest BCUT2D eigenvalue weighted by atomic mass is 9.94. The molecule has 1 saturated heterocycles. The Morgan fingerprint density at radius 2 is 2.10 bits per heavy atom. The summed E-state index contributed by atoms with van der Waals surface area (Å²) in [5, 5.41) is 3.36. The molecule has 0 atom stereocenters. The second kappa shape index (κ2) is 6.06. The molecule has 5 heteroatoms. The van der Waals surface area contributed by atoms with Gasteiger partial charge in [0.15, 0.2) is 0 Å². The van der Waals surface area contributed by atoms with E-state index in [2.05, 4.69) is 31.2 Å². The van der Waals surface area contributed by atoms with Gasteiger partial charge in [0.1, 0.15) is 11.6 Å². The van der Waals surface area contributed by atoms with Crippen LogP contribution in [0.1, 0.15) is 18.7 Å². The Kier molecular flexibility index (Phi) is 4.17. The van der Waals surface area contributed by atoms with Gasteiger partial charge in [-0.05, 0) is 50.0 Å². The molecule has 0 unspecified atom stereocenters. The van der Waals surface area contributed by atoms with Crippen LogP contribution in [0.5, 0.6) is 0 Å². The fourth-order valence-electron chi connectivity index (χ4n) is 2.67. The minimum absolute atomic E-state index is 0.239. The number of nitrogens with zero attached hydrogens (tertiary/aromatic N) is 1. The van der Waals surface area contributed by atoms with Crippen LogP contribution < -0.4 is 5.32 Å². The van der Waals surface area contributed by atoms with Crippen molar-refractivity contribution in [2.24, 2.45) is 5.92 Å². The zero-order valence-corrected chi connectivity index (χ0v) is 12.7. The van der Waals surface area contributed by atoms with E-state index < -0.39 is 0 Å². The average Bonchev–Trinajstić information content (AvgIpc) is 2.88. The van der Waals surface area contributed by atoms with Gasteiger partial charge in [0, 0.05) is 16.5 Å². The van der Waals surface area contributed by atoms with Crippen molar-refractivity contribution in [3.63, 3.8) is 0 Å². The Morgan fingerprint density at radius 3 is 2.85 bits per heavy atom. The van der Waals surface area contributed by atoms with Crippen molar-refractivity contribution >= 4 is 15.9 Å². The summed E-state index contributed by atoms with van der Waals surface area (Å²) >= 11 is 3.27. The average molecular weight is 338 g/mol. The molecule has 0 aliphatic carbocycles. The van der Waals surface area contributed by atoms with Crippen LogP contribution in [0.4, 0.5) is 4.39 Å². The molecule has 2 heterocycles. The number of benzene rings is 1. The summed E-state index contributed by atoms with van der Waals surface area (Å²) in [6.45, 7) is 2.17. The molecule has 3 rings (SSSR count). The van der Waals surface area contributed by atoms with Gasteiger partial charge in [0.25, 0.3) is 0 Å². The van der Waals surface area contributed by atoms with Crippen molar-refractivity contribution in [1.82, 2.24) is 15.3 Å². The highest BCUT2D eigenvalue weighted by Gasteiger charge is 2.16. The lowest BCUT2D eigenvalue weighted by Gasteiger charge is -2.21. The third-order valence-electron chi connectivity index (χ3n) is 3.79. The molecular weight excluding hydrogens is 321 g/mol. The van der Waals surface area contributed by atoms with E-state index in [0.717, 1.165) is 35.5 Å². The van der Waals surface area contributed by atoms with Crippen molar-refractivity contribution in [1.29, 1.82) is 0 Å². The fourth-order valence-corrected chi connectivity index (χ4v) is 3.00. The highest BCUT2D eigenvalue weighted by molar-refractivity contribution is 9.10. The largest absolute Gasteiger partial charge is 0.342 e. The first-order valence-electron chi connectivity index (χ1n) is 6.92. The number of aromatic amines is 1. The molecule has 3 nitrogen and oxygen atoms in total. The fraction of sp³-hybridized carbons (Fsp3) is 0.400. The molecule has 106 valence electrons. The number of imidazole rings is 1. The van der Waals surface area contributed by atoms with E-state index in [9.17, 15) is 4.39 Å². The van der Waals surface area contributed by atoms with Crippen LogP contribution in [0.2, 0.25) is 0 Å². The normalized spacial score (nSPS) is 16.5. The van der Waals surface area contributed by atoms with Gasteiger partial charge in [-0.1, -0.05) is 15.9 Å². The van der Waals surface area contributed by atoms with Gasteiger partial charge in [-0.3, -0.25) is 0 Å². The third-order valence-corrected chi connectivity index (χ3v) is 4.28. The molecule has 0 radical (unpaired) electrons. The molecule has 1 fully saturated rings. The van der Waals surface area contributed by atoms with E-state index in [1.807, 2.05) is 6.07 Å². The van der Waals surface area contributed by atoms with Crippen LogP contribution >= 0.6 is 15.9 Å². The Balaban J connectivity index is 1.75. The maximum atomic E-state index is 13.9. The maximum absolute atomic E-state index is 13.9. The summed E-state index contributed by atoms with van der Waals surface area (Å²) in [4.78, 5) is 7.65. The molecule has 0 saturated carbocycles. The number of H-pyrrole nitrogens is 1. The number of piperidine rings is 1. The zero-order chi connectivity index (χ0) is 13.9. The molecular formula is C15H17BrFN3. The van der Waals surface area contributed by atoms with Gasteiger partial charge >= 0.3 is 0 Å². The molecule has 1 aromatic carbocycles. The number of hydrogen-bond donors (Lipinski definition) is 2. The summed E-state index contributed by atoms with van der Waals surface area (Å²) in [6.07, 6.45) is 5.04. The van der Waals surface area contributed by atoms with E-state index >= 15 is 0 Å². The lowest BCUT2D eigenvalue weighted by molar-refractivity contribution is 0.368. The predicted molar refractivity (Wildman–Crippen MR) is 81.0 cm³/mol. The highest BCUT2D eigenvalue weighted by Crippen LogP contribution is 2.25. The molecule has 1 aromatic heterocycles. The first-order valence-corrected chi connectivity index (χ1v) is 7.71. The molecule has 20 heavy (non-hydrogen) atoms. The number of nitrogens with one attached hydrogen (secondary N) is 2. The molecule has 1 aliphatic rings. The van der Waals surface area contributed by atoms with E-state index in [1.54, 1.807) is 12.3 Å². The Bertz CT molecular complexity index is 591. The SMILES string of the molecule is Fc1cc(Br)ccc1-c1cnc(CC2CCNCC2)[nH]1. The van der Waals surface area contributed by atoms with E-state index in [1.165, 1.54) is 18.9 Å². The number of hydrogen-bond acceptors (Lipinski definition) is 2. The quantitative estimate of drug-likeness (QED) is 0.899. The lowest BCUT2D eigenvalue weighted by Crippen LogP contribution is -2.28. The van der Waals surface area contributed by atoms with Gasteiger partial charge < -0.3 is 10.3 Å². The molecule has 0 spiro atoms. The predicted octanol–water partition coefficient (Wildman–Crippen LogP) is 3.52. The van der Waals surface area contributed by atoms with Crippen molar-refractivity contribution < 1.29 is 4.39 Å². The standard InChI is InChI=1S/C15H17BrFN3/c16-11-1-2-12(13(17)8-11)14-9-19-15(20-14)7-10-3-5-18-6-4-10/h1-2,8-10,18H,3-7H2,(H,19,20). The molecule has 2 aromatic rings. The van der Waals surface area contributed by atoms with Gasteiger partial charge in [-0.2, -0.15) is 0 Å². The summed E-state index contributed by atoms with van der Waals surface area (Å²) in [7, 11) is 0. The molecule has 0 amide bonds. The van der Waals surface area contributed by atoms with Gasteiger partial charge in [0.2, 0.25) is 0 Å². The van der Waals surface area contributed by atoms with Crippen LogP contribution in [0.25, 0.3) is 11.3 Å². The minimum atomic E-state index is -0.239. The van der Waals surface area contributed by atoms with Crippen molar-refractivity contribution in [3.05, 3.63) is 40.5 Å². The minimum Gasteiger partial charge on any atom is -0.342 e. The van der Waals surface area contributed by atoms with Crippen molar-refractivity contribution in [3.8, 4) is 11.3 Å². The molecule has 1 aliphatic heterocycles. The zero-order valence-electron chi connectivity index (χ0n) is 11.1. The molecule has 0 bridgehead atoms. The maximum Gasteiger partial charge on any atom is 0.133 e. The van der Waals surface area contributed by atoms with Crippen LogP contribution in [-0.2, 0) is 6.42 Å². The summed E-state index contributed by atoms with van der Waals surface area (Å²) in [5.41, 5.74) is 1.32. The summed E-state index contributed by atoms with van der Waals surface area (Å²) < 4.78 is 14.7. The first kappa shape index (κ1) is 13.8.